The quantitative estimate of drug-likeness (QED) is 0.613. The molecule has 0 bridgehead atoms. The molecule has 0 N–H and O–H groups in total. The van der Waals surface area contributed by atoms with E-state index in [4.69, 9.17) is 0 Å². The van der Waals surface area contributed by atoms with Crippen molar-refractivity contribution in [1.29, 1.82) is 5.26 Å². The molecule has 3 rings (SSSR count). The van der Waals surface area contributed by atoms with Crippen LogP contribution in [-0.2, 0) is 4.79 Å². The number of carbonyl (C=O) groups is 1. The number of nitrogens with zero attached hydrogens (tertiary/aromatic N) is 2. The third-order valence-electron chi connectivity index (χ3n) is 4.41. The zero-order valence-electron chi connectivity index (χ0n) is 13.7. The van der Waals surface area contributed by atoms with E-state index in [1.165, 1.54) is 0 Å². The van der Waals surface area contributed by atoms with Crippen molar-refractivity contribution in [2.24, 2.45) is 5.92 Å². The summed E-state index contributed by atoms with van der Waals surface area (Å²) in [5.41, 5.74) is 2.16. The maximum absolute atomic E-state index is 12.9. The van der Waals surface area contributed by atoms with Gasteiger partial charge in [0, 0.05) is 7.05 Å². The van der Waals surface area contributed by atoms with Gasteiger partial charge in [-0.25, -0.2) is 0 Å². The molecular weight excluding hydrogens is 296 g/mol. The summed E-state index contributed by atoms with van der Waals surface area (Å²) < 4.78 is 0. The van der Waals surface area contributed by atoms with Gasteiger partial charge in [0.2, 0.25) is 0 Å². The first-order valence-corrected chi connectivity index (χ1v) is 8.19. The fraction of sp³-hybridized carbons (Fsp3) is 0.238. The summed E-state index contributed by atoms with van der Waals surface area (Å²) in [6.45, 7) is 0. The van der Waals surface area contributed by atoms with Crippen LogP contribution in [0.5, 0.6) is 0 Å². The average Bonchev–Trinajstić information content (AvgIpc) is 3.46. The van der Waals surface area contributed by atoms with Crippen molar-refractivity contribution >= 4 is 12.0 Å². The number of hydrogen-bond donors (Lipinski definition) is 0. The van der Waals surface area contributed by atoms with Crippen molar-refractivity contribution in [3.8, 4) is 6.07 Å². The first-order chi connectivity index (χ1) is 11.7. The maximum atomic E-state index is 12.9. The molecule has 0 radical (unpaired) electrons. The minimum absolute atomic E-state index is 0.0335. The highest BCUT2D eigenvalue weighted by Crippen LogP contribution is 2.44. The largest absolute Gasteiger partial charge is 0.334 e. The van der Waals surface area contributed by atoms with Gasteiger partial charge in [-0.1, -0.05) is 60.7 Å². The van der Waals surface area contributed by atoms with Crippen LogP contribution in [-0.4, -0.2) is 17.9 Å². The van der Waals surface area contributed by atoms with Crippen molar-refractivity contribution in [2.75, 3.05) is 7.05 Å². The zero-order chi connectivity index (χ0) is 16.9. The normalized spacial score (nSPS) is 15.4. The van der Waals surface area contributed by atoms with Gasteiger partial charge < -0.3 is 4.90 Å². The number of nitriles is 1. The fourth-order valence-corrected chi connectivity index (χ4v) is 3.05. The smallest absolute Gasteiger partial charge is 0.264 e. The van der Waals surface area contributed by atoms with Crippen LogP contribution in [0.25, 0.3) is 6.08 Å². The van der Waals surface area contributed by atoms with Crippen molar-refractivity contribution < 1.29 is 4.79 Å². The van der Waals surface area contributed by atoms with E-state index in [9.17, 15) is 10.1 Å². The van der Waals surface area contributed by atoms with E-state index in [1.54, 1.807) is 18.0 Å². The predicted octanol–water partition coefficient (Wildman–Crippen LogP) is 4.20. The molecule has 2 aromatic carbocycles. The minimum atomic E-state index is -0.220. The van der Waals surface area contributed by atoms with Gasteiger partial charge in [-0.2, -0.15) is 5.26 Å². The SMILES string of the molecule is CN(C(=O)/C(C#N)=C\c1ccccc1)C(c1ccccc1)C1CC1. The van der Waals surface area contributed by atoms with Crippen molar-refractivity contribution in [2.45, 2.75) is 18.9 Å². The van der Waals surface area contributed by atoms with Crippen LogP contribution < -0.4 is 0 Å². The highest BCUT2D eigenvalue weighted by molar-refractivity contribution is 6.01. The highest BCUT2D eigenvalue weighted by atomic mass is 16.2. The van der Waals surface area contributed by atoms with Crippen molar-refractivity contribution in [1.82, 2.24) is 4.90 Å². The Labute approximate surface area is 142 Å². The number of rotatable bonds is 5. The Morgan fingerprint density at radius 1 is 1.12 bits per heavy atom. The maximum Gasteiger partial charge on any atom is 0.264 e. The lowest BCUT2D eigenvalue weighted by Crippen LogP contribution is -2.33. The van der Waals surface area contributed by atoms with E-state index in [0.717, 1.165) is 24.0 Å². The summed E-state index contributed by atoms with van der Waals surface area (Å²) in [4.78, 5) is 14.6. The van der Waals surface area contributed by atoms with Crippen LogP contribution in [0.15, 0.2) is 66.2 Å². The van der Waals surface area contributed by atoms with Gasteiger partial charge in [-0.05, 0) is 36.0 Å². The van der Waals surface area contributed by atoms with Gasteiger partial charge in [0.05, 0.1) is 6.04 Å². The van der Waals surface area contributed by atoms with E-state index in [0.29, 0.717) is 5.92 Å². The summed E-state index contributed by atoms with van der Waals surface area (Å²) in [6, 6.07) is 21.7. The topological polar surface area (TPSA) is 44.1 Å². The van der Waals surface area contributed by atoms with Gasteiger partial charge >= 0.3 is 0 Å². The number of benzene rings is 2. The van der Waals surface area contributed by atoms with Gasteiger partial charge in [-0.3, -0.25) is 4.79 Å². The van der Waals surface area contributed by atoms with E-state index >= 15 is 0 Å². The summed E-state index contributed by atoms with van der Waals surface area (Å²) in [5, 5.41) is 9.45. The number of likely N-dealkylation sites (N-methyl/N-ethyl adjacent to an activating group) is 1. The number of hydrogen-bond acceptors (Lipinski definition) is 2. The van der Waals surface area contributed by atoms with Crippen LogP contribution in [0, 0.1) is 17.2 Å². The second-order valence-electron chi connectivity index (χ2n) is 6.19. The number of carbonyl (C=O) groups excluding carboxylic acids is 1. The average molecular weight is 316 g/mol. The first kappa shape index (κ1) is 16.0. The van der Waals surface area contributed by atoms with Crippen LogP contribution in [0.2, 0.25) is 0 Å². The molecule has 1 saturated carbocycles. The summed E-state index contributed by atoms with van der Waals surface area (Å²) >= 11 is 0. The molecule has 0 aromatic heterocycles. The van der Waals surface area contributed by atoms with E-state index in [-0.39, 0.29) is 17.5 Å². The summed E-state index contributed by atoms with van der Waals surface area (Å²) in [5.74, 6) is 0.264. The summed E-state index contributed by atoms with van der Waals surface area (Å²) in [6.07, 6.45) is 3.91. The Morgan fingerprint density at radius 2 is 1.71 bits per heavy atom. The molecule has 120 valence electrons. The lowest BCUT2D eigenvalue weighted by atomic mass is 10.00. The monoisotopic (exact) mass is 316 g/mol. The Hall–Kier alpha value is -2.86. The van der Waals surface area contributed by atoms with E-state index in [2.05, 4.69) is 18.2 Å². The second kappa shape index (κ2) is 7.14. The molecule has 24 heavy (non-hydrogen) atoms. The van der Waals surface area contributed by atoms with Gasteiger partial charge in [0.25, 0.3) is 5.91 Å². The molecule has 1 unspecified atom stereocenters. The van der Waals surface area contributed by atoms with Gasteiger partial charge in [-0.15, -0.1) is 0 Å². The molecule has 1 amide bonds. The Kier molecular flexibility index (Phi) is 4.77. The van der Waals surface area contributed by atoms with Crippen LogP contribution in [0.4, 0.5) is 0 Å². The van der Waals surface area contributed by atoms with Gasteiger partial charge in [0.1, 0.15) is 11.6 Å². The Bertz CT molecular complexity index is 770. The second-order valence-corrected chi connectivity index (χ2v) is 6.19. The molecule has 3 nitrogen and oxygen atoms in total. The lowest BCUT2D eigenvalue weighted by molar-refractivity contribution is -0.128. The molecule has 0 heterocycles. The first-order valence-electron chi connectivity index (χ1n) is 8.19. The molecule has 1 aliphatic carbocycles. The molecule has 0 aliphatic heterocycles. The van der Waals surface area contributed by atoms with Crippen molar-refractivity contribution in [3.05, 3.63) is 77.4 Å². The minimum Gasteiger partial charge on any atom is -0.334 e. The van der Waals surface area contributed by atoms with E-state index in [1.807, 2.05) is 48.5 Å². The molecule has 1 atom stereocenters. The van der Waals surface area contributed by atoms with Crippen molar-refractivity contribution in [3.63, 3.8) is 0 Å². The Morgan fingerprint density at radius 3 is 2.25 bits per heavy atom. The van der Waals surface area contributed by atoms with Crippen LogP contribution in [0.3, 0.4) is 0 Å². The lowest BCUT2D eigenvalue weighted by Gasteiger charge is -2.28. The molecule has 0 spiro atoms. The standard InChI is InChI=1S/C21H20N2O/c1-23(20(18-12-13-18)17-10-6-3-7-11-17)21(24)19(15-22)14-16-8-4-2-5-9-16/h2-11,14,18,20H,12-13H2,1H3/b19-14-. The third kappa shape index (κ3) is 3.55. The molecule has 2 aromatic rings. The summed E-state index contributed by atoms with van der Waals surface area (Å²) in [7, 11) is 1.80. The molecule has 0 saturated heterocycles. The third-order valence-corrected chi connectivity index (χ3v) is 4.41. The fourth-order valence-electron chi connectivity index (χ4n) is 3.05. The highest BCUT2D eigenvalue weighted by Gasteiger charge is 2.37. The molecular formula is C21H20N2O. The molecule has 1 aliphatic rings. The molecule has 1 fully saturated rings. The van der Waals surface area contributed by atoms with Crippen LogP contribution in [0.1, 0.15) is 30.0 Å². The zero-order valence-corrected chi connectivity index (χ0v) is 13.7. The Balaban J connectivity index is 1.87. The van der Waals surface area contributed by atoms with E-state index < -0.39 is 0 Å². The number of amides is 1. The van der Waals surface area contributed by atoms with Crippen LogP contribution >= 0.6 is 0 Å². The van der Waals surface area contributed by atoms with Gasteiger partial charge in [0.15, 0.2) is 0 Å². The molecule has 3 heteroatoms. The predicted molar refractivity (Wildman–Crippen MR) is 94.7 cm³/mol.